The van der Waals surface area contributed by atoms with E-state index in [1.165, 1.54) is 11.1 Å². The number of ether oxygens (including phenoxy) is 2. The molecule has 1 spiro atoms. The molecule has 1 N–H and O–H groups in total. The van der Waals surface area contributed by atoms with E-state index in [2.05, 4.69) is 24.1 Å². The normalized spacial score (nSPS) is 30.8. The van der Waals surface area contributed by atoms with Crippen LogP contribution in [0.1, 0.15) is 30.4 Å². The summed E-state index contributed by atoms with van der Waals surface area (Å²) in [5.41, 5.74) is 2.40. The monoisotopic (exact) mass is 287 g/mol. The number of allylic oxidation sites excluding steroid dienone is 1. The maximum absolute atomic E-state index is 10.2. The molecule has 112 valence electrons. The van der Waals surface area contributed by atoms with E-state index in [9.17, 15) is 5.11 Å². The summed E-state index contributed by atoms with van der Waals surface area (Å²) in [6.45, 7) is 1.90. The Bertz CT molecular complexity index is 625. The summed E-state index contributed by atoms with van der Waals surface area (Å²) in [7, 11) is 3.84. The van der Waals surface area contributed by atoms with E-state index in [1.807, 2.05) is 6.07 Å². The number of hydrogen-bond donors (Lipinski definition) is 1. The first-order chi connectivity index (χ1) is 10.1. The number of aliphatic hydroxyl groups is 1. The van der Waals surface area contributed by atoms with Gasteiger partial charge in [-0.15, -0.1) is 0 Å². The topological polar surface area (TPSA) is 41.9 Å². The van der Waals surface area contributed by atoms with Gasteiger partial charge >= 0.3 is 0 Å². The van der Waals surface area contributed by atoms with Crippen LogP contribution in [0.2, 0.25) is 0 Å². The summed E-state index contributed by atoms with van der Waals surface area (Å²) in [5.74, 6) is 2.79. The Hall–Kier alpha value is -1.52. The second kappa shape index (κ2) is 4.49. The minimum Gasteiger partial charge on any atom is -0.497 e. The summed E-state index contributed by atoms with van der Waals surface area (Å²) in [6, 6.07) is 4.10. The molecule has 21 heavy (non-hydrogen) atoms. The van der Waals surface area contributed by atoms with Crippen LogP contribution in [0.5, 0.6) is 11.5 Å². The molecule has 0 radical (unpaired) electrons. The highest BCUT2D eigenvalue weighted by Gasteiger charge is 2.50. The van der Waals surface area contributed by atoms with Crippen molar-refractivity contribution in [3.8, 4) is 11.5 Å². The van der Waals surface area contributed by atoms with Crippen LogP contribution in [0.25, 0.3) is 0 Å². The number of benzene rings is 1. The van der Waals surface area contributed by atoms with Crippen molar-refractivity contribution < 1.29 is 14.6 Å². The predicted molar refractivity (Wildman–Crippen MR) is 79.6 cm³/mol. The van der Waals surface area contributed by atoms with E-state index in [0.29, 0.717) is 6.42 Å². The average molecular weight is 287 g/mol. The molecule has 0 amide bonds. The predicted octanol–water partition coefficient (Wildman–Crippen LogP) is 2.20. The van der Waals surface area contributed by atoms with E-state index < -0.39 is 0 Å². The minimum atomic E-state index is -0.276. The van der Waals surface area contributed by atoms with Crippen LogP contribution in [0.3, 0.4) is 0 Å². The Morgan fingerprint density at radius 3 is 3.10 bits per heavy atom. The van der Waals surface area contributed by atoms with Gasteiger partial charge in [0.25, 0.3) is 0 Å². The molecule has 0 bridgehead atoms. The summed E-state index contributed by atoms with van der Waals surface area (Å²) in [4.78, 5) is 2.33. The third-order valence-corrected chi connectivity index (χ3v) is 5.08. The summed E-state index contributed by atoms with van der Waals surface area (Å²) in [6.07, 6.45) is 4.25. The number of aliphatic hydroxyl groups excluding tert-OH is 1. The SMILES string of the molecule is COc1cc2c3c(c1)OC1=CC[C@@H](O)C[C@]13CCN(C)C2. The number of hydrogen-bond acceptors (Lipinski definition) is 4. The van der Waals surface area contributed by atoms with Crippen molar-refractivity contribution in [2.75, 3.05) is 20.7 Å². The lowest BCUT2D eigenvalue weighted by molar-refractivity contribution is 0.117. The zero-order valence-electron chi connectivity index (χ0n) is 12.6. The van der Waals surface area contributed by atoms with Crippen LogP contribution in [-0.4, -0.2) is 36.8 Å². The van der Waals surface area contributed by atoms with Crippen LogP contribution >= 0.6 is 0 Å². The second-order valence-corrected chi connectivity index (χ2v) is 6.49. The number of rotatable bonds is 1. The molecule has 2 heterocycles. The highest BCUT2D eigenvalue weighted by molar-refractivity contribution is 5.59. The van der Waals surface area contributed by atoms with E-state index in [-0.39, 0.29) is 11.5 Å². The van der Waals surface area contributed by atoms with Crippen LogP contribution in [0.4, 0.5) is 0 Å². The maximum Gasteiger partial charge on any atom is 0.135 e. The lowest BCUT2D eigenvalue weighted by Crippen LogP contribution is -2.36. The van der Waals surface area contributed by atoms with Crippen molar-refractivity contribution in [1.29, 1.82) is 0 Å². The van der Waals surface area contributed by atoms with E-state index in [1.54, 1.807) is 7.11 Å². The van der Waals surface area contributed by atoms with Gasteiger partial charge in [-0.2, -0.15) is 0 Å². The molecule has 0 unspecified atom stereocenters. The molecule has 1 aromatic carbocycles. The third kappa shape index (κ3) is 1.82. The Morgan fingerprint density at radius 2 is 2.29 bits per heavy atom. The maximum atomic E-state index is 10.2. The van der Waals surface area contributed by atoms with Crippen LogP contribution in [0, 0.1) is 0 Å². The summed E-state index contributed by atoms with van der Waals surface area (Å²) in [5, 5.41) is 10.2. The van der Waals surface area contributed by atoms with Gasteiger partial charge in [-0.1, -0.05) is 0 Å². The highest BCUT2D eigenvalue weighted by atomic mass is 16.5. The molecule has 0 saturated carbocycles. The van der Waals surface area contributed by atoms with Crippen LogP contribution in [-0.2, 0) is 12.0 Å². The van der Waals surface area contributed by atoms with Gasteiger partial charge < -0.3 is 19.5 Å². The van der Waals surface area contributed by atoms with Gasteiger partial charge in [-0.05, 0) is 50.6 Å². The Kier molecular flexibility index (Phi) is 2.81. The first-order valence-electron chi connectivity index (χ1n) is 7.59. The van der Waals surface area contributed by atoms with Crippen molar-refractivity contribution >= 4 is 0 Å². The van der Waals surface area contributed by atoms with E-state index in [4.69, 9.17) is 9.47 Å². The Morgan fingerprint density at radius 1 is 1.43 bits per heavy atom. The summed E-state index contributed by atoms with van der Waals surface area (Å²) >= 11 is 0. The molecule has 2 atom stereocenters. The Labute approximate surface area is 125 Å². The smallest absolute Gasteiger partial charge is 0.135 e. The molecule has 1 aliphatic carbocycles. The van der Waals surface area contributed by atoms with Crippen molar-refractivity contribution in [2.45, 2.75) is 37.3 Å². The Balaban J connectivity index is 1.95. The van der Waals surface area contributed by atoms with Gasteiger partial charge in [0.05, 0.1) is 18.6 Å². The minimum absolute atomic E-state index is 0.140. The molecule has 4 rings (SSSR count). The first kappa shape index (κ1) is 13.2. The van der Waals surface area contributed by atoms with Crippen molar-refractivity contribution in [2.24, 2.45) is 0 Å². The van der Waals surface area contributed by atoms with Gasteiger partial charge in [0.2, 0.25) is 0 Å². The van der Waals surface area contributed by atoms with Crippen molar-refractivity contribution in [1.82, 2.24) is 4.90 Å². The number of methoxy groups -OCH3 is 1. The third-order valence-electron chi connectivity index (χ3n) is 5.08. The second-order valence-electron chi connectivity index (χ2n) is 6.49. The van der Waals surface area contributed by atoms with Crippen molar-refractivity contribution in [3.05, 3.63) is 35.1 Å². The van der Waals surface area contributed by atoms with Crippen molar-refractivity contribution in [3.63, 3.8) is 0 Å². The van der Waals surface area contributed by atoms with Crippen LogP contribution < -0.4 is 9.47 Å². The molecular formula is C17H21NO3. The van der Waals surface area contributed by atoms with Gasteiger partial charge in [0.1, 0.15) is 17.3 Å². The lowest BCUT2D eigenvalue weighted by atomic mass is 9.69. The fourth-order valence-corrected chi connectivity index (χ4v) is 4.12. The zero-order chi connectivity index (χ0) is 14.6. The number of nitrogens with zero attached hydrogens (tertiary/aromatic N) is 1. The molecule has 4 heteroatoms. The average Bonchev–Trinajstić information content (AvgIpc) is 2.71. The lowest BCUT2D eigenvalue weighted by Gasteiger charge is -2.34. The van der Waals surface area contributed by atoms with Gasteiger partial charge in [-0.3, -0.25) is 0 Å². The fraction of sp³-hybridized carbons (Fsp3) is 0.529. The molecule has 1 aromatic rings. The molecule has 2 aliphatic heterocycles. The first-order valence-corrected chi connectivity index (χ1v) is 7.59. The molecule has 3 aliphatic rings. The van der Waals surface area contributed by atoms with E-state index in [0.717, 1.165) is 43.2 Å². The molecule has 4 nitrogen and oxygen atoms in total. The fourth-order valence-electron chi connectivity index (χ4n) is 4.12. The zero-order valence-corrected chi connectivity index (χ0v) is 12.6. The quantitative estimate of drug-likeness (QED) is 0.860. The molecule has 0 aromatic heterocycles. The van der Waals surface area contributed by atoms with E-state index >= 15 is 0 Å². The largest absolute Gasteiger partial charge is 0.497 e. The van der Waals surface area contributed by atoms with Gasteiger partial charge in [0.15, 0.2) is 0 Å². The molecule has 0 saturated heterocycles. The van der Waals surface area contributed by atoms with Crippen LogP contribution in [0.15, 0.2) is 24.0 Å². The molecule has 0 fully saturated rings. The standard InChI is InChI=1S/C17H21NO3/c1-18-6-5-17-9-12(19)3-4-15(17)21-14-8-13(20-2)7-11(10-18)16(14)17/h4,7-8,12,19H,3,5-6,9-10H2,1-2H3/t12-,17-/m1/s1. The highest BCUT2D eigenvalue weighted by Crippen LogP contribution is 2.56. The summed E-state index contributed by atoms with van der Waals surface area (Å²) < 4.78 is 11.6. The van der Waals surface area contributed by atoms with Gasteiger partial charge in [-0.25, -0.2) is 0 Å². The molecular weight excluding hydrogens is 266 g/mol. The van der Waals surface area contributed by atoms with Gasteiger partial charge in [0, 0.05) is 18.2 Å².